The van der Waals surface area contributed by atoms with Gasteiger partial charge in [-0.3, -0.25) is 9.78 Å². The number of hydrogen-bond acceptors (Lipinski definition) is 4. The van der Waals surface area contributed by atoms with E-state index < -0.39 is 0 Å². The lowest BCUT2D eigenvalue weighted by molar-refractivity contribution is 0.0760. The molecule has 0 saturated carbocycles. The van der Waals surface area contributed by atoms with E-state index in [2.05, 4.69) is 9.97 Å². The molecule has 0 atom stereocenters. The van der Waals surface area contributed by atoms with E-state index in [1.165, 1.54) is 23.5 Å². The van der Waals surface area contributed by atoms with Crippen LogP contribution >= 0.6 is 0 Å². The standard InChI is InChI=1S/C8H11N3O2/c1-11(4-5-12)8(13)7-6-9-2-3-10-7/h2-3,6,12H,4-5H2,1H3. The van der Waals surface area contributed by atoms with Crippen LogP contribution in [0.1, 0.15) is 10.5 Å². The first-order chi connectivity index (χ1) is 6.25. The first-order valence-electron chi connectivity index (χ1n) is 3.88. The SMILES string of the molecule is CN(CCO)C(=O)c1cnccn1. The predicted molar refractivity (Wildman–Crippen MR) is 46.1 cm³/mol. The minimum Gasteiger partial charge on any atom is -0.395 e. The van der Waals surface area contributed by atoms with Crippen LogP contribution in [0.15, 0.2) is 18.6 Å². The van der Waals surface area contributed by atoms with E-state index in [1.807, 2.05) is 0 Å². The van der Waals surface area contributed by atoms with Crippen LogP contribution in [0, 0.1) is 0 Å². The summed E-state index contributed by atoms with van der Waals surface area (Å²) in [5.41, 5.74) is 0.290. The summed E-state index contributed by atoms with van der Waals surface area (Å²) in [6, 6.07) is 0. The fraction of sp³-hybridized carbons (Fsp3) is 0.375. The molecule has 70 valence electrons. The van der Waals surface area contributed by atoms with Gasteiger partial charge in [-0.1, -0.05) is 0 Å². The molecule has 0 fully saturated rings. The number of amides is 1. The number of carbonyl (C=O) groups is 1. The first-order valence-corrected chi connectivity index (χ1v) is 3.88. The van der Waals surface area contributed by atoms with Crippen molar-refractivity contribution in [3.8, 4) is 0 Å². The van der Waals surface area contributed by atoms with E-state index in [-0.39, 0.29) is 12.5 Å². The topological polar surface area (TPSA) is 66.3 Å². The number of carbonyl (C=O) groups excluding carboxylic acids is 1. The zero-order valence-electron chi connectivity index (χ0n) is 7.34. The van der Waals surface area contributed by atoms with E-state index in [9.17, 15) is 4.79 Å². The summed E-state index contributed by atoms with van der Waals surface area (Å²) in [6.45, 7) is 0.248. The number of nitrogens with zero attached hydrogens (tertiary/aromatic N) is 3. The van der Waals surface area contributed by atoms with E-state index in [1.54, 1.807) is 7.05 Å². The molecule has 0 radical (unpaired) electrons. The molecule has 0 saturated heterocycles. The zero-order chi connectivity index (χ0) is 9.68. The summed E-state index contributed by atoms with van der Waals surface area (Å²) in [5.74, 6) is -0.234. The molecule has 5 heteroatoms. The van der Waals surface area contributed by atoms with Gasteiger partial charge in [-0.25, -0.2) is 4.98 Å². The Morgan fingerprint density at radius 2 is 2.38 bits per heavy atom. The van der Waals surface area contributed by atoms with Crippen molar-refractivity contribution in [2.24, 2.45) is 0 Å². The molecule has 0 aliphatic carbocycles. The average Bonchev–Trinajstić information content (AvgIpc) is 2.18. The Balaban J connectivity index is 2.68. The largest absolute Gasteiger partial charge is 0.395 e. The first kappa shape index (κ1) is 9.60. The Labute approximate surface area is 76.0 Å². The van der Waals surface area contributed by atoms with Gasteiger partial charge in [0.25, 0.3) is 5.91 Å². The Bertz CT molecular complexity index is 276. The Hall–Kier alpha value is -1.49. The average molecular weight is 181 g/mol. The Morgan fingerprint density at radius 1 is 1.62 bits per heavy atom. The van der Waals surface area contributed by atoms with E-state index >= 15 is 0 Å². The Kier molecular flexibility index (Phi) is 3.33. The van der Waals surface area contributed by atoms with Gasteiger partial charge in [0, 0.05) is 26.0 Å². The lowest BCUT2D eigenvalue weighted by atomic mass is 10.4. The molecule has 1 heterocycles. The van der Waals surface area contributed by atoms with Gasteiger partial charge >= 0.3 is 0 Å². The van der Waals surface area contributed by atoms with Crippen molar-refractivity contribution in [1.29, 1.82) is 0 Å². The van der Waals surface area contributed by atoms with E-state index in [4.69, 9.17) is 5.11 Å². The summed E-state index contributed by atoms with van der Waals surface area (Å²) < 4.78 is 0. The van der Waals surface area contributed by atoms with Crippen molar-refractivity contribution >= 4 is 5.91 Å². The van der Waals surface area contributed by atoms with Crippen molar-refractivity contribution in [3.63, 3.8) is 0 Å². The minimum atomic E-state index is -0.234. The monoisotopic (exact) mass is 181 g/mol. The van der Waals surface area contributed by atoms with Crippen LogP contribution in [0.2, 0.25) is 0 Å². The molecule has 13 heavy (non-hydrogen) atoms. The van der Waals surface area contributed by atoms with Gasteiger partial charge < -0.3 is 10.0 Å². The summed E-state index contributed by atoms with van der Waals surface area (Å²) in [4.78, 5) is 20.5. The molecule has 1 N–H and O–H groups in total. The van der Waals surface area contributed by atoms with Crippen molar-refractivity contribution < 1.29 is 9.90 Å². The highest BCUT2D eigenvalue weighted by atomic mass is 16.3. The van der Waals surface area contributed by atoms with Crippen LogP contribution in [0.25, 0.3) is 0 Å². The van der Waals surface area contributed by atoms with Crippen LogP contribution in [0.3, 0.4) is 0 Å². The molecule has 5 nitrogen and oxygen atoms in total. The minimum absolute atomic E-state index is 0.0531. The Morgan fingerprint density at radius 3 is 2.92 bits per heavy atom. The number of likely N-dealkylation sites (N-methyl/N-ethyl adjacent to an activating group) is 1. The third-order valence-electron chi connectivity index (χ3n) is 1.56. The maximum Gasteiger partial charge on any atom is 0.273 e. The van der Waals surface area contributed by atoms with Gasteiger partial charge in [0.1, 0.15) is 5.69 Å². The summed E-state index contributed by atoms with van der Waals surface area (Å²) >= 11 is 0. The molecular formula is C8H11N3O2. The number of aromatic nitrogens is 2. The molecule has 0 unspecified atom stereocenters. The molecule has 0 aliphatic rings. The fourth-order valence-electron chi connectivity index (χ4n) is 0.857. The summed E-state index contributed by atoms with van der Waals surface area (Å²) in [7, 11) is 1.60. The van der Waals surface area contributed by atoms with E-state index in [0.717, 1.165) is 0 Å². The lowest BCUT2D eigenvalue weighted by Gasteiger charge is -2.14. The maximum absolute atomic E-state index is 11.4. The lowest BCUT2D eigenvalue weighted by Crippen LogP contribution is -2.30. The highest BCUT2D eigenvalue weighted by Gasteiger charge is 2.11. The highest BCUT2D eigenvalue weighted by Crippen LogP contribution is 1.96. The van der Waals surface area contributed by atoms with Gasteiger partial charge in [0.15, 0.2) is 0 Å². The summed E-state index contributed by atoms with van der Waals surface area (Å²) in [5, 5.41) is 8.60. The molecule has 0 aromatic carbocycles. The fourth-order valence-corrected chi connectivity index (χ4v) is 0.857. The van der Waals surface area contributed by atoms with Gasteiger partial charge in [0.05, 0.1) is 12.8 Å². The second-order valence-corrected chi connectivity index (χ2v) is 2.54. The number of rotatable bonds is 3. The quantitative estimate of drug-likeness (QED) is 0.685. The van der Waals surface area contributed by atoms with Gasteiger partial charge in [-0.2, -0.15) is 0 Å². The predicted octanol–water partition coefficient (Wildman–Crippen LogP) is -0.459. The molecular weight excluding hydrogens is 170 g/mol. The van der Waals surface area contributed by atoms with Crippen LogP contribution in [0.4, 0.5) is 0 Å². The molecule has 1 rings (SSSR count). The van der Waals surface area contributed by atoms with Crippen molar-refractivity contribution in [3.05, 3.63) is 24.3 Å². The van der Waals surface area contributed by atoms with Crippen molar-refractivity contribution in [2.45, 2.75) is 0 Å². The molecule has 1 aromatic rings. The second-order valence-electron chi connectivity index (χ2n) is 2.54. The second kappa shape index (κ2) is 4.51. The zero-order valence-corrected chi connectivity index (χ0v) is 7.34. The molecule has 0 aliphatic heterocycles. The third kappa shape index (κ3) is 2.48. The van der Waals surface area contributed by atoms with Gasteiger partial charge in [-0.15, -0.1) is 0 Å². The molecule has 1 aromatic heterocycles. The molecule has 0 spiro atoms. The van der Waals surface area contributed by atoms with E-state index in [0.29, 0.717) is 12.2 Å². The van der Waals surface area contributed by atoms with Crippen LogP contribution in [0.5, 0.6) is 0 Å². The van der Waals surface area contributed by atoms with Crippen LogP contribution < -0.4 is 0 Å². The third-order valence-corrected chi connectivity index (χ3v) is 1.56. The van der Waals surface area contributed by atoms with Gasteiger partial charge in [0.2, 0.25) is 0 Å². The van der Waals surface area contributed by atoms with Crippen LogP contribution in [-0.4, -0.2) is 46.1 Å². The van der Waals surface area contributed by atoms with Gasteiger partial charge in [-0.05, 0) is 0 Å². The normalized spacial score (nSPS) is 9.69. The number of hydrogen-bond donors (Lipinski definition) is 1. The molecule has 1 amide bonds. The smallest absolute Gasteiger partial charge is 0.273 e. The molecule has 0 bridgehead atoms. The highest BCUT2D eigenvalue weighted by molar-refractivity contribution is 5.91. The maximum atomic E-state index is 11.4. The van der Waals surface area contributed by atoms with Crippen molar-refractivity contribution in [2.75, 3.05) is 20.2 Å². The number of aliphatic hydroxyl groups excluding tert-OH is 1. The summed E-state index contributed by atoms with van der Waals surface area (Å²) in [6.07, 6.45) is 4.36. The number of aliphatic hydroxyl groups is 1. The van der Waals surface area contributed by atoms with Crippen molar-refractivity contribution in [1.82, 2.24) is 14.9 Å². The van der Waals surface area contributed by atoms with Crippen LogP contribution in [-0.2, 0) is 0 Å².